The zero-order valence-corrected chi connectivity index (χ0v) is 16.8. The van der Waals surface area contributed by atoms with Crippen LogP contribution < -0.4 is 19.8 Å². The fourth-order valence-electron chi connectivity index (χ4n) is 3.00. The van der Waals surface area contributed by atoms with Gasteiger partial charge in [-0.2, -0.15) is 0 Å². The van der Waals surface area contributed by atoms with Crippen LogP contribution >= 0.6 is 0 Å². The Hall–Kier alpha value is -3.49. The summed E-state index contributed by atoms with van der Waals surface area (Å²) in [5.41, 5.74) is 0.335. The molecule has 0 bridgehead atoms. The molecule has 9 nitrogen and oxygen atoms in total. The Morgan fingerprint density at radius 2 is 1.69 bits per heavy atom. The molecule has 0 aliphatic heterocycles. The van der Waals surface area contributed by atoms with Gasteiger partial charge in [0, 0.05) is 18.5 Å². The monoisotopic (exact) mass is 405 g/mol. The number of H-pyrrole nitrogens is 1. The number of aromatic nitrogens is 1. The molecule has 156 valence electrons. The van der Waals surface area contributed by atoms with Crippen molar-refractivity contribution in [1.82, 2.24) is 4.98 Å². The number of nitrogens with one attached hydrogen (secondary N) is 1. The molecule has 0 saturated carbocycles. The van der Waals surface area contributed by atoms with Crippen molar-refractivity contribution in [3.63, 3.8) is 0 Å². The molecule has 1 atom stereocenters. The average Bonchev–Trinajstić information content (AvgIpc) is 2.65. The lowest BCUT2D eigenvalue weighted by Gasteiger charge is -2.20. The van der Waals surface area contributed by atoms with Crippen molar-refractivity contribution in [2.24, 2.45) is 0 Å². The molecule has 0 amide bonds. The largest absolute Gasteiger partial charge is 0.507 e. The predicted molar refractivity (Wildman–Crippen MR) is 103 cm³/mol. The standard InChI is InChI=1S/C20H23NO8/c1-10-6-14(23)18(20(25)21-10)13(9-17(24)28-5)12-7-15(26-3)19(29-11(2)22)16(8-12)27-4/h6-8,13H,9H2,1-5H3,(H2,21,23,25)/t13-/m0/s1. The molecule has 0 aliphatic carbocycles. The summed E-state index contributed by atoms with van der Waals surface area (Å²) in [6.07, 6.45) is -0.227. The maximum Gasteiger partial charge on any atom is 0.308 e. The van der Waals surface area contributed by atoms with Gasteiger partial charge in [0.15, 0.2) is 11.5 Å². The van der Waals surface area contributed by atoms with Gasteiger partial charge in [-0.1, -0.05) is 0 Å². The zero-order chi connectivity index (χ0) is 21.7. The first-order valence-electron chi connectivity index (χ1n) is 8.65. The molecule has 2 aromatic rings. The van der Waals surface area contributed by atoms with Crippen LogP contribution in [0.3, 0.4) is 0 Å². The van der Waals surface area contributed by atoms with Crippen LogP contribution in [0.5, 0.6) is 23.0 Å². The van der Waals surface area contributed by atoms with Gasteiger partial charge < -0.3 is 29.0 Å². The van der Waals surface area contributed by atoms with Gasteiger partial charge in [-0.05, 0) is 30.7 Å². The average molecular weight is 405 g/mol. The molecule has 2 N–H and O–H groups in total. The predicted octanol–water partition coefficient (Wildman–Crippen LogP) is 2.03. The van der Waals surface area contributed by atoms with E-state index in [2.05, 4.69) is 4.98 Å². The first-order valence-corrected chi connectivity index (χ1v) is 8.65. The highest BCUT2D eigenvalue weighted by Crippen LogP contribution is 2.43. The molecular weight excluding hydrogens is 382 g/mol. The minimum absolute atomic E-state index is 0.00894. The maximum absolute atomic E-state index is 12.6. The van der Waals surface area contributed by atoms with E-state index in [-0.39, 0.29) is 35.0 Å². The number of hydrogen-bond acceptors (Lipinski definition) is 8. The molecule has 2 rings (SSSR count). The van der Waals surface area contributed by atoms with Crippen LogP contribution in [0.4, 0.5) is 0 Å². The van der Waals surface area contributed by atoms with Gasteiger partial charge in [0.2, 0.25) is 5.75 Å². The van der Waals surface area contributed by atoms with E-state index in [0.717, 1.165) is 0 Å². The SMILES string of the molecule is COC(=O)C[C@@H](c1cc(OC)c(OC(C)=O)c(OC)c1)c1c(O)cc(C)[nH]c1=O. The van der Waals surface area contributed by atoms with Crippen molar-refractivity contribution >= 4 is 11.9 Å². The molecular formula is C20H23NO8. The minimum atomic E-state index is -0.874. The third-order valence-corrected chi connectivity index (χ3v) is 4.26. The van der Waals surface area contributed by atoms with Crippen LogP contribution in [0.25, 0.3) is 0 Å². The fourth-order valence-corrected chi connectivity index (χ4v) is 3.00. The van der Waals surface area contributed by atoms with Crippen molar-refractivity contribution in [2.45, 2.75) is 26.2 Å². The number of ether oxygens (including phenoxy) is 4. The van der Waals surface area contributed by atoms with Crippen LogP contribution in [0.15, 0.2) is 23.0 Å². The lowest BCUT2D eigenvalue weighted by molar-refractivity contribution is -0.140. The van der Waals surface area contributed by atoms with Crippen molar-refractivity contribution in [1.29, 1.82) is 0 Å². The second-order valence-electron chi connectivity index (χ2n) is 6.26. The summed E-state index contributed by atoms with van der Waals surface area (Å²) in [7, 11) is 3.97. The molecule has 0 saturated heterocycles. The van der Waals surface area contributed by atoms with Gasteiger partial charge in [-0.3, -0.25) is 14.4 Å². The van der Waals surface area contributed by atoms with Crippen molar-refractivity contribution in [3.05, 3.63) is 45.4 Å². The number of carbonyl (C=O) groups excluding carboxylic acids is 2. The second-order valence-corrected chi connectivity index (χ2v) is 6.26. The Balaban J connectivity index is 2.73. The highest BCUT2D eigenvalue weighted by atomic mass is 16.6. The van der Waals surface area contributed by atoms with E-state index in [9.17, 15) is 19.5 Å². The summed E-state index contributed by atoms with van der Waals surface area (Å²) in [4.78, 5) is 38.6. The number of benzene rings is 1. The number of aromatic amines is 1. The molecule has 29 heavy (non-hydrogen) atoms. The van der Waals surface area contributed by atoms with E-state index in [0.29, 0.717) is 11.3 Å². The lowest BCUT2D eigenvalue weighted by Crippen LogP contribution is -2.21. The number of esters is 2. The Morgan fingerprint density at radius 3 is 2.14 bits per heavy atom. The normalized spacial score (nSPS) is 11.5. The molecule has 0 spiro atoms. The smallest absolute Gasteiger partial charge is 0.308 e. The number of methoxy groups -OCH3 is 3. The summed E-state index contributed by atoms with van der Waals surface area (Å²) in [6.45, 7) is 2.86. The van der Waals surface area contributed by atoms with Gasteiger partial charge in [-0.25, -0.2) is 0 Å². The number of carbonyl (C=O) groups is 2. The van der Waals surface area contributed by atoms with E-state index in [1.165, 1.54) is 46.5 Å². The molecule has 1 aromatic carbocycles. The number of pyridine rings is 1. The Kier molecular flexibility index (Phi) is 6.87. The van der Waals surface area contributed by atoms with Gasteiger partial charge >= 0.3 is 11.9 Å². The zero-order valence-electron chi connectivity index (χ0n) is 16.8. The van der Waals surface area contributed by atoms with Crippen LogP contribution in [0.1, 0.15) is 36.1 Å². The summed E-state index contributed by atoms with van der Waals surface area (Å²) >= 11 is 0. The Labute approximate surface area is 167 Å². The van der Waals surface area contributed by atoms with Crippen LogP contribution in [-0.2, 0) is 14.3 Å². The second kappa shape index (κ2) is 9.13. The first-order chi connectivity index (χ1) is 13.7. The molecule has 0 aliphatic rings. The molecule has 0 radical (unpaired) electrons. The molecule has 0 unspecified atom stereocenters. The van der Waals surface area contributed by atoms with Gasteiger partial charge in [0.1, 0.15) is 5.75 Å². The minimum Gasteiger partial charge on any atom is -0.507 e. The molecule has 0 fully saturated rings. The summed E-state index contributed by atoms with van der Waals surface area (Å²) in [5, 5.41) is 10.4. The number of aromatic hydroxyl groups is 1. The third-order valence-electron chi connectivity index (χ3n) is 4.26. The van der Waals surface area contributed by atoms with E-state index >= 15 is 0 Å². The highest BCUT2D eigenvalue weighted by molar-refractivity contribution is 5.74. The Morgan fingerprint density at radius 1 is 1.10 bits per heavy atom. The highest BCUT2D eigenvalue weighted by Gasteiger charge is 2.28. The van der Waals surface area contributed by atoms with Crippen LogP contribution in [0.2, 0.25) is 0 Å². The van der Waals surface area contributed by atoms with Crippen molar-refractivity contribution < 1.29 is 33.6 Å². The lowest BCUT2D eigenvalue weighted by atomic mass is 9.88. The molecule has 9 heteroatoms. The van der Waals surface area contributed by atoms with Gasteiger partial charge in [0.05, 0.1) is 33.3 Å². The maximum atomic E-state index is 12.6. The number of rotatable bonds is 7. The van der Waals surface area contributed by atoms with Crippen LogP contribution in [0, 0.1) is 6.92 Å². The fraction of sp³-hybridized carbons (Fsp3) is 0.350. The summed E-state index contributed by atoms with van der Waals surface area (Å²) in [6, 6.07) is 4.41. The number of aryl methyl sites for hydroxylation is 1. The first kappa shape index (κ1) is 21.8. The third kappa shape index (κ3) is 4.87. The van der Waals surface area contributed by atoms with Crippen molar-refractivity contribution in [3.8, 4) is 23.0 Å². The summed E-state index contributed by atoms with van der Waals surface area (Å²) in [5.74, 6) is -1.92. The topological polar surface area (TPSA) is 124 Å². The molecule has 1 heterocycles. The van der Waals surface area contributed by atoms with Gasteiger partial charge in [-0.15, -0.1) is 0 Å². The number of hydrogen-bond donors (Lipinski definition) is 2. The van der Waals surface area contributed by atoms with E-state index in [4.69, 9.17) is 18.9 Å². The Bertz CT molecular complexity index is 954. The van der Waals surface area contributed by atoms with Gasteiger partial charge in [0.25, 0.3) is 5.56 Å². The summed E-state index contributed by atoms with van der Waals surface area (Å²) < 4.78 is 20.5. The van der Waals surface area contributed by atoms with Crippen LogP contribution in [-0.4, -0.2) is 43.4 Å². The van der Waals surface area contributed by atoms with Crippen molar-refractivity contribution in [2.75, 3.05) is 21.3 Å². The van der Waals surface area contributed by atoms with E-state index in [1.54, 1.807) is 6.92 Å². The quantitative estimate of drug-likeness (QED) is 0.530. The molecule has 1 aromatic heterocycles. The van der Waals surface area contributed by atoms with E-state index < -0.39 is 23.4 Å². The van der Waals surface area contributed by atoms with E-state index in [1.807, 2.05) is 0 Å².